The lowest BCUT2D eigenvalue weighted by molar-refractivity contribution is 0.307. The number of hydrogen-bond acceptors (Lipinski definition) is 3. The van der Waals surface area contributed by atoms with Crippen molar-refractivity contribution < 1.29 is 4.74 Å². The maximum absolute atomic E-state index is 6.05. The zero-order valence-corrected chi connectivity index (χ0v) is 14.9. The lowest BCUT2D eigenvalue weighted by Gasteiger charge is -2.10. The van der Waals surface area contributed by atoms with E-state index < -0.39 is 0 Å². The molecule has 0 fully saturated rings. The first-order valence-corrected chi connectivity index (χ1v) is 8.91. The van der Waals surface area contributed by atoms with Gasteiger partial charge in [-0.3, -0.25) is 0 Å². The fourth-order valence-electron chi connectivity index (χ4n) is 1.74. The van der Waals surface area contributed by atoms with E-state index in [0.29, 0.717) is 33.3 Å². The molecule has 2 nitrogen and oxygen atoms in total. The standard InChI is InChI=1S/C14H13Cl4NOS/c15-7-10-8-21-13(19-10)3-1-2-4-20-14-11(17)5-9(16)6-12(14)18/h5-6,8H,1-4,7H2. The van der Waals surface area contributed by atoms with E-state index >= 15 is 0 Å². The molecule has 0 spiro atoms. The molecule has 21 heavy (non-hydrogen) atoms. The summed E-state index contributed by atoms with van der Waals surface area (Å²) >= 11 is 25.3. The first kappa shape index (κ1) is 17.2. The van der Waals surface area contributed by atoms with E-state index in [1.165, 1.54) is 0 Å². The highest BCUT2D eigenvalue weighted by molar-refractivity contribution is 7.09. The van der Waals surface area contributed by atoms with E-state index in [4.69, 9.17) is 51.1 Å². The Kier molecular flexibility index (Phi) is 6.90. The van der Waals surface area contributed by atoms with Crippen LogP contribution in [-0.4, -0.2) is 11.6 Å². The molecule has 2 aromatic rings. The summed E-state index contributed by atoms with van der Waals surface area (Å²) in [4.78, 5) is 4.41. The lowest BCUT2D eigenvalue weighted by atomic mass is 10.2. The Morgan fingerprint density at radius 3 is 2.43 bits per heavy atom. The van der Waals surface area contributed by atoms with Crippen LogP contribution in [0.1, 0.15) is 23.5 Å². The second-order valence-electron chi connectivity index (χ2n) is 4.37. The van der Waals surface area contributed by atoms with Crippen LogP contribution in [-0.2, 0) is 12.3 Å². The van der Waals surface area contributed by atoms with Gasteiger partial charge in [-0.15, -0.1) is 22.9 Å². The van der Waals surface area contributed by atoms with Gasteiger partial charge in [0.1, 0.15) is 0 Å². The number of unbranched alkanes of at least 4 members (excludes halogenated alkanes) is 1. The summed E-state index contributed by atoms with van der Waals surface area (Å²) in [6.45, 7) is 0.550. The highest BCUT2D eigenvalue weighted by Gasteiger charge is 2.09. The van der Waals surface area contributed by atoms with Crippen molar-refractivity contribution >= 4 is 57.7 Å². The topological polar surface area (TPSA) is 22.1 Å². The van der Waals surface area contributed by atoms with E-state index in [1.54, 1.807) is 23.5 Å². The predicted octanol–water partition coefficient (Wildman–Crippen LogP) is 6.24. The van der Waals surface area contributed by atoms with Crippen molar-refractivity contribution in [1.29, 1.82) is 0 Å². The van der Waals surface area contributed by atoms with E-state index in [-0.39, 0.29) is 0 Å². The first-order valence-electron chi connectivity index (χ1n) is 6.36. The van der Waals surface area contributed by atoms with E-state index in [1.807, 2.05) is 5.38 Å². The number of aromatic nitrogens is 1. The van der Waals surface area contributed by atoms with Crippen molar-refractivity contribution in [1.82, 2.24) is 4.98 Å². The maximum Gasteiger partial charge on any atom is 0.156 e. The van der Waals surface area contributed by atoms with Crippen molar-refractivity contribution in [3.63, 3.8) is 0 Å². The molecule has 1 heterocycles. The van der Waals surface area contributed by atoms with Gasteiger partial charge in [0.25, 0.3) is 0 Å². The van der Waals surface area contributed by atoms with E-state index in [0.717, 1.165) is 30.0 Å². The van der Waals surface area contributed by atoms with Crippen LogP contribution in [0.4, 0.5) is 0 Å². The van der Waals surface area contributed by atoms with Crippen LogP contribution in [0.3, 0.4) is 0 Å². The number of aryl methyl sites for hydroxylation is 1. The van der Waals surface area contributed by atoms with Crippen molar-refractivity contribution in [2.75, 3.05) is 6.61 Å². The van der Waals surface area contributed by atoms with Crippen LogP contribution < -0.4 is 4.74 Å². The van der Waals surface area contributed by atoms with Gasteiger partial charge in [0.15, 0.2) is 5.75 Å². The quantitative estimate of drug-likeness (QED) is 0.416. The number of halogens is 4. The highest BCUT2D eigenvalue weighted by Crippen LogP contribution is 2.35. The fourth-order valence-corrected chi connectivity index (χ4v) is 3.74. The van der Waals surface area contributed by atoms with Crippen LogP contribution >= 0.6 is 57.7 Å². The molecule has 0 atom stereocenters. The molecule has 0 saturated carbocycles. The van der Waals surface area contributed by atoms with Gasteiger partial charge in [0.2, 0.25) is 0 Å². The third-order valence-corrected chi connectivity index (χ3v) is 4.74. The minimum absolute atomic E-state index is 0.430. The molecule has 0 aliphatic carbocycles. The molecule has 1 aromatic carbocycles. The summed E-state index contributed by atoms with van der Waals surface area (Å²) in [5, 5.41) is 4.45. The summed E-state index contributed by atoms with van der Waals surface area (Å²) in [6.07, 6.45) is 2.80. The second-order valence-corrected chi connectivity index (χ2v) is 6.83. The molecule has 0 amide bonds. The first-order chi connectivity index (χ1) is 10.1. The highest BCUT2D eigenvalue weighted by atomic mass is 35.5. The van der Waals surface area contributed by atoms with E-state index in [2.05, 4.69) is 4.98 Å². The maximum atomic E-state index is 6.05. The molecule has 0 saturated heterocycles. The number of hydrogen-bond donors (Lipinski definition) is 0. The zero-order valence-electron chi connectivity index (χ0n) is 11.0. The Morgan fingerprint density at radius 2 is 1.81 bits per heavy atom. The number of ether oxygens (including phenoxy) is 1. The minimum Gasteiger partial charge on any atom is -0.490 e. The van der Waals surface area contributed by atoms with Crippen LogP contribution in [0.2, 0.25) is 15.1 Å². The van der Waals surface area contributed by atoms with Gasteiger partial charge in [-0.05, 0) is 31.4 Å². The number of alkyl halides is 1. The Morgan fingerprint density at radius 1 is 1.10 bits per heavy atom. The lowest BCUT2D eigenvalue weighted by Crippen LogP contribution is -1.99. The van der Waals surface area contributed by atoms with Gasteiger partial charge < -0.3 is 4.74 Å². The molecule has 114 valence electrons. The minimum atomic E-state index is 0.430. The second kappa shape index (κ2) is 8.44. The molecule has 1 aromatic heterocycles. The molecule has 0 aliphatic heterocycles. The van der Waals surface area contributed by atoms with Gasteiger partial charge in [0, 0.05) is 10.4 Å². The van der Waals surface area contributed by atoms with Crippen LogP contribution in [0.15, 0.2) is 17.5 Å². The Balaban J connectivity index is 1.75. The van der Waals surface area contributed by atoms with Gasteiger partial charge in [-0.25, -0.2) is 4.98 Å². The number of rotatable bonds is 7. The molecule has 0 radical (unpaired) electrons. The van der Waals surface area contributed by atoms with Crippen LogP contribution in [0.5, 0.6) is 5.75 Å². The van der Waals surface area contributed by atoms with Gasteiger partial charge >= 0.3 is 0 Å². The van der Waals surface area contributed by atoms with Gasteiger partial charge in [-0.2, -0.15) is 0 Å². The summed E-state index contributed by atoms with van der Waals surface area (Å²) in [5.41, 5.74) is 0.938. The predicted molar refractivity (Wildman–Crippen MR) is 91.6 cm³/mol. The number of benzene rings is 1. The van der Waals surface area contributed by atoms with Gasteiger partial charge in [0.05, 0.1) is 33.2 Å². The summed E-state index contributed by atoms with van der Waals surface area (Å²) < 4.78 is 5.63. The SMILES string of the molecule is ClCc1csc(CCCCOc2c(Cl)cc(Cl)cc2Cl)n1. The number of thiazole rings is 1. The summed E-state index contributed by atoms with van der Waals surface area (Å²) in [7, 11) is 0. The van der Waals surface area contributed by atoms with Crippen LogP contribution in [0.25, 0.3) is 0 Å². The summed E-state index contributed by atoms with van der Waals surface area (Å²) in [5.74, 6) is 0.953. The third-order valence-electron chi connectivity index (χ3n) is 2.73. The fraction of sp³-hybridized carbons (Fsp3) is 0.357. The Bertz CT molecular complexity index is 579. The Hall–Kier alpha value is -0.190. The molecule has 2 rings (SSSR count). The van der Waals surface area contributed by atoms with Crippen molar-refractivity contribution in [3.8, 4) is 5.75 Å². The van der Waals surface area contributed by atoms with Crippen LogP contribution in [0, 0.1) is 0 Å². The molecule has 0 N–H and O–H groups in total. The molecular weight excluding hydrogens is 372 g/mol. The average Bonchev–Trinajstić information content (AvgIpc) is 2.88. The largest absolute Gasteiger partial charge is 0.490 e. The molecule has 0 unspecified atom stereocenters. The van der Waals surface area contributed by atoms with Gasteiger partial charge in [-0.1, -0.05) is 34.8 Å². The average molecular weight is 385 g/mol. The molecule has 7 heteroatoms. The molecule has 0 aliphatic rings. The van der Waals surface area contributed by atoms with E-state index in [9.17, 15) is 0 Å². The smallest absolute Gasteiger partial charge is 0.156 e. The molecule has 0 bridgehead atoms. The Labute approximate surface area is 147 Å². The van der Waals surface area contributed by atoms with Crippen molar-refractivity contribution in [3.05, 3.63) is 43.3 Å². The monoisotopic (exact) mass is 383 g/mol. The number of nitrogens with zero attached hydrogens (tertiary/aromatic N) is 1. The normalized spacial score (nSPS) is 10.9. The summed E-state index contributed by atoms with van der Waals surface area (Å²) in [6, 6.07) is 3.24. The zero-order chi connectivity index (χ0) is 15.2. The van der Waals surface area contributed by atoms with Crippen molar-refractivity contribution in [2.24, 2.45) is 0 Å². The molecular formula is C14H13Cl4NOS. The van der Waals surface area contributed by atoms with Crippen molar-refractivity contribution in [2.45, 2.75) is 25.1 Å². The third kappa shape index (κ3) is 5.19.